The standard InChI is InChI=1S/C14H26N2O2/c1-6-10-13(18)16(14(5,8-3)9-4)11(7-2)12(17)15-10/h10-11H,6-9H2,1-5H3,(H,15,17). The van der Waals surface area contributed by atoms with Crippen molar-refractivity contribution in [2.45, 2.75) is 77.9 Å². The SMILES string of the molecule is CCC1NC(=O)C(CC)N(C(C)(CC)CC)C1=O. The molecule has 2 unspecified atom stereocenters. The van der Waals surface area contributed by atoms with Crippen LogP contribution in [0.1, 0.15) is 60.3 Å². The Morgan fingerprint density at radius 2 is 1.67 bits per heavy atom. The van der Waals surface area contributed by atoms with E-state index in [-0.39, 0.29) is 29.4 Å². The van der Waals surface area contributed by atoms with Gasteiger partial charge in [-0.25, -0.2) is 0 Å². The van der Waals surface area contributed by atoms with Crippen molar-refractivity contribution in [2.75, 3.05) is 0 Å². The van der Waals surface area contributed by atoms with Gasteiger partial charge in [0.1, 0.15) is 12.1 Å². The lowest BCUT2D eigenvalue weighted by Crippen LogP contribution is -2.68. The van der Waals surface area contributed by atoms with Gasteiger partial charge in [-0.2, -0.15) is 0 Å². The van der Waals surface area contributed by atoms with Crippen LogP contribution in [0, 0.1) is 0 Å². The van der Waals surface area contributed by atoms with Gasteiger partial charge in [0.15, 0.2) is 0 Å². The van der Waals surface area contributed by atoms with Crippen LogP contribution in [0.2, 0.25) is 0 Å². The third kappa shape index (κ3) is 2.38. The molecule has 0 spiro atoms. The van der Waals surface area contributed by atoms with Crippen LogP contribution >= 0.6 is 0 Å². The van der Waals surface area contributed by atoms with Crippen molar-refractivity contribution in [1.82, 2.24) is 10.2 Å². The minimum Gasteiger partial charge on any atom is -0.343 e. The summed E-state index contributed by atoms with van der Waals surface area (Å²) in [5.41, 5.74) is -0.219. The van der Waals surface area contributed by atoms with Crippen molar-refractivity contribution in [3.05, 3.63) is 0 Å². The number of nitrogens with zero attached hydrogens (tertiary/aromatic N) is 1. The van der Waals surface area contributed by atoms with E-state index in [9.17, 15) is 9.59 Å². The van der Waals surface area contributed by atoms with Gasteiger partial charge in [0, 0.05) is 5.54 Å². The quantitative estimate of drug-likeness (QED) is 0.816. The lowest BCUT2D eigenvalue weighted by molar-refractivity contribution is -0.157. The van der Waals surface area contributed by atoms with Gasteiger partial charge in [-0.1, -0.05) is 27.7 Å². The van der Waals surface area contributed by atoms with E-state index in [0.29, 0.717) is 12.8 Å². The molecule has 1 fully saturated rings. The normalized spacial score (nSPS) is 25.3. The van der Waals surface area contributed by atoms with E-state index in [1.165, 1.54) is 0 Å². The van der Waals surface area contributed by atoms with Crippen LogP contribution in [0.5, 0.6) is 0 Å². The molecule has 2 amide bonds. The first-order chi connectivity index (χ1) is 8.45. The summed E-state index contributed by atoms with van der Waals surface area (Å²) in [4.78, 5) is 26.5. The van der Waals surface area contributed by atoms with E-state index in [4.69, 9.17) is 0 Å². The van der Waals surface area contributed by atoms with Crippen molar-refractivity contribution >= 4 is 11.8 Å². The minimum atomic E-state index is -0.349. The Labute approximate surface area is 110 Å². The number of nitrogens with one attached hydrogen (secondary N) is 1. The average Bonchev–Trinajstić information content (AvgIpc) is 2.39. The van der Waals surface area contributed by atoms with Gasteiger partial charge < -0.3 is 10.2 Å². The largest absolute Gasteiger partial charge is 0.343 e. The molecular formula is C14H26N2O2. The van der Waals surface area contributed by atoms with Gasteiger partial charge in [-0.05, 0) is 32.6 Å². The van der Waals surface area contributed by atoms with E-state index >= 15 is 0 Å². The van der Waals surface area contributed by atoms with E-state index in [1.807, 2.05) is 18.7 Å². The summed E-state index contributed by atoms with van der Waals surface area (Å²) in [6.45, 7) is 10.1. The summed E-state index contributed by atoms with van der Waals surface area (Å²) >= 11 is 0. The lowest BCUT2D eigenvalue weighted by Gasteiger charge is -2.48. The summed E-state index contributed by atoms with van der Waals surface area (Å²) in [5.74, 6) is 0.0761. The van der Waals surface area contributed by atoms with Crippen LogP contribution in [0.15, 0.2) is 0 Å². The third-order valence-electron chi connectivity index (χ3n) is 4.37. The molecule has 0 radical (unpaired) electrons. The summed E-state index contributed by atoms with van der Waals surface area (Å²) < 4.78 is 0. The number of rotatable bonds is 5. The summed E-state index contributed by atoms with van der Waals surface area (Å²) in [7, 11) is 0. The fourth-order valence-corrected chi connectivity index (χ4v) is 2.65. The highest BCUT2D eigenvalue weighted by Gasteiger charge is 2.45. The van der Waals surface area contributed by atoms with E-state index in [0.717, 1.165) is 12.8 Å². The fraction of sp³-hybridized carbons (Fsp3) is 0.857. The van der Waals surface area contributed by atoms with E-state index in [2.05, 4.69) is 26.1 Å². The van der Waals surface area contributed by atoms with Crippen LogP contribution in [-0.2, 0) is 9.59 Å². The van der Waals surface area contributed by atoms with Crippen molar-refractivity contribution < 1.29 is 9.59 Å². The molecule has 1 N–H and O–H groups in total. The first-order valence-electron chi connectivity index (χ1n) is 7.08. The maximum absolute atomic E-state index is 12.5. The minimum absolute atomic E-state index is 0.00271. The van der Waals surface area contributed by atoms with Crippen LogP contribution in [0.4, 0.5) is 0 Å². The number of hydrogen-bond donors (Lipinski definition) is 1. The van der Waals surface area contributed by atoms with Crippen LogP contribution < -0.4 is 5.32 Å². The molecule has 4 heteroatoms. The molecule has 0 aromatic carbocycles. The maximum atomic E-state index is 12.5. The molecule has 104 valence electrons. The zero-order chi connectivity index (χ0) is 13.9. The molecule has 18 heavy (non-hydrogen) atoms. The Bertz CT molecular complexity index is 324. The van der Waals surface area contributed by atoms with Crippen molar-refractivity contribution in [3.8, 4) is 0 Å². The topological polar surface area (TPSA) is 49.4 Å². The molecule has 1 aliphatic heterocycles. The zero-order valence-electron chi connectivity index (χ0n) is 12.2. The maximum Gasteiger partial charge on any atom is 0.246 e. The van der Waals surface area contributed by atoms with Gasteiger partial charge in [0.2, 0.25) is 11.8 Å². The second-order valence-electron chi connectivity index (χ2n) is 5.31. The lowest BCUT2D eigenvalue weighted by atomic mass is 9.88. The highest BCUT2D eigenvalue weighted by atomic mass is 16.2. The highest BCUT2D eigenvalue weighted by molar-refractivity contribution is 5.97. The Kier molecular flexibility index (Phi) is 4.77. The van der Waals surface area contributed by atoms with Crippen LogP contribution in [-0.4, -0.2) is 34.3 Å². The zero-order valence-corrected chi connectivity index (χ0v) is 12.2. The van der Waals surface area contributed by atoms with E-state index < -0.39 is 0 Å². The molecular weight excluding hydrogens is 228 g/mol. The predicted octanol–water partition coefficient (Wildman–Crippen LogP) is 2.08. The highest BCUT2D eigenvalue weighted by Crippen LogP contribution is 2.30. The fourth-order valence-electron chi connectivity index (χ4n) is 2.65. The third-order valence-corrected chi connectivity index (χ3v) is 4.37. The molecule has 1 heterocycles. The molecule has 1 rings (SSSR count). The molecule has 1 saturated heterocycles. The number of carbonyl (C=O) groups is 2. The summed E-state index contributed by atoms with van der Waals surface area (Å²) in [5, 5.41) is 2.84. The van der Waals surface area contributed by atoms with Crippen molar-refractivity contribution in [2.24, 2.45) is 0 Å². The molecule has 2 atom stereocenters. The first kappa shape index (κ1) is 15.0. The number of piperazine rings is 1. The van der Waals surface area contributed by atoms with Crippen molar-refractivity contribution in [1.29, 1.82) is 0 Å². The van der Waals surface area contributed by atoms with Gasteiger partial charge in [-0.15, -0.1) is 0 Å². The smallest absolute Gasteiger partial charge is 0.246 e. The molecule has 4 nitrogen and oxygen atoms in total. The van der Waals surface area contributed by atoms with Crippen LogP contribution in [0.3, 0.4) is 0 Å². The molecule has 0 aromatic rings. The summed E-state index contributed by atoms with van der Waals surface area (Å²) in [6, 6.07) is -0.664. The number of carbonyl (C=O) groups excluding carboxylic acids is 2. The Morgan fingerprint density at radius 3 is 2.06 bits per heavy atom. The van der Waals surface area contributed by atoms with Gasteiger partial charge in [0.25, 0.3) is 0 Å². The Balaban J connectivity index is 3.15. The van der Waals surface area contributed by atoms with Gasteiger partial charge in [-0.3, -0.25) is 9.59 Å². The summed E-state index contributed by atoms with van der Waals surface area (Å²) in [6.07, 6.45) is 3.07. The number of amides is 2. The molecule has 0 aromatic heterocycles. The molecule has 0 saturated carbocycles. The van der Waals surface area contributed by atoms with E-state index in [1.54, 1.807) is 0 Å². The number of hydrogen-bond acceptors (Lipinski definition) is 2. The Hall–Kier alpha value is -1.06. The van der Waals surface area contributed by atoms with Crippen molar-refractivity contribution in [3.63, 3.8) is 0 Å². The molecule has 0 bridgehead atoms. The molecule has 1 aliphatic rings. The van der Waals surface area contributed by atoms with Gasteiger partial charge >= 0.3 is 0 Å². The van der Waals surface area contributed by atoms with Crippen LogP contribution in [0.25, 0.3) is 0 Å². The monoisotopic (exact) mass is 254 g/mol. The Morgan fingerprint density at radius 1 is 1.11 bits per heavy atom. The van der Waals surface area contributed by atoms with Gasteiger partial charge in [0.05, 0.1) is 0 Å². The average molecular weight is 254 g/mol. The predicted molar refractivity (Wildman–Crippen MR) is 72.1 cm³/mol. The molecule has 0 aliphatic carbocycles. The second-order valence-corrected chi connectivity index (χ2v) is 5.31. The second kappa shape index (κ2) is 5.72. The first-order valence-corrected chi connectivity index (χ1v) is 7.08.